The molecule has 6 heteroatoms. The second kappa shape index (κ2) is 14.2. The highest BCUT2D eigenvalue weighted by Gasteiger charge is 2.23. The molecule has 0 spiro atoms. The Labute approximate surface area is 204 Å². The molecule has 0 bridgehead atoms. The van der Waals surface area contributed by atoms with Crippen molar-refractivity contribution in [3.8, 4) is 5.97 Å². The van der Waals surface area contributed by atoms with Crippen molar-refractivity contribution in [3.05, 3.63) is 72.6 Å². The lowest BCUT2D eigenvalue weighted by Gasteiger charge is -2.23. The Morgan fingerprint density at radius 2 is 1.79 bits per heavy atom. The molecule has 3 aromatic rings. The summed E-state index contributed by atoms with van der Waals surface area (Å²) in [6.45, 7) is 4.65. The van der Waals surface area contributed by atoms with Gasteiger partial charge in [-0.25, -0.2) is 5.26 Å². The van der Waals surface area contributed by atoms with Crippen LogP contribution in [0, 0.1) is 23.1 Å². The molecule has 5 rings (SSSR count). The van der Waals surface area contributed by atoms with Gasteiger partial charge >= 0.3 is 0 Å². The molecule has 1 aromatic heterocycles. The first kappa shape index (κ1) is 25.5. The number of hydrogen-bond donors (Lipinski definition) is 2. The summed E-state index contributed by atoms with van der Waals surface area (Å²) in [5, 5.41) is 17.1. The third-order valence-corrected chi connectivity index (χ3v) is 6.37. The van der Waals surface area contributed by atoms with E-state index in [1.807, 2.05) is 30.3 Å². The fraction of sp³-hybridized carbons (Fsp3) is 0.393. The van der Waals surface area contributed by atoms with Gasteiger partial charge in [-0.1, -0.05) is 81.6 Å². The normalized spacial score (nSPS) is 15.2. The van der Waals surface area contributed by atoms with Crippen molar-refractivity contribution >= 4 is 29.6 Å². The van der Waals surface area contributed by atoms with Crippen LogP contribution in [-0.4, -0.2) is 24.7 Å². The summed E-state index contributed by atoms with van der Waals surface area (Å²) >= 11 is 0. The topological polar surface area (TPSA) is 77.8 Å². The number of aromatic nitrogens is 1. The lowest BCUT2D eigenvalue weighted by atomic mass is 9.42. The zero-order valence-electron chi connectivity index (χ0n) is 20.1. The third kappa shape index (κ3) is 9.37. The van der Waals surface area contributed by atoms with Gasteiger partial charge in [0.1, 0.15) is 0 Å². The first-order valence-corrected chi connectivity index (χ1v) is 12.4. The fourth-order valence-corrected chi connectivity index (χ4v) is 3.92. The molecule has 5 nitrogen and oxygen atoms in total. The molecule has 0 unspecified atom stereocenters. The smallest absolute Gasteiger partial charge is 0.267 e. The van der Waals surface area contributed by atoms with Crippen LogP contribution in [-0.2, 0) is 11.3 Å². The molecule has 2 N–H and O–H groups in total. The molecule has 2 fully saturated rings. The highest BCUT2D eigenvalue weighted by Crippen LogP contribution is 2.26. The van der Waals surface area contributed by atoms with Crippen LogP contribution in [0.4, 0.5) is 5.69 Å². The minimum Gasteiger partial charge on any atom is -0.329 e. The van der Waals surface area contributed by atoms with Crippen LogP contribution in [0.15, 0.2) is 67.0 Å². The number of nitriles is 1. The SMILES string of the molecule is CC1CC1.N#CB1CCC(CNCc2ccccc2)CC1.O=CNc1ccc2cnccc2c1. The van der Waals surface area contributed by atoms with Crippen LogP contribution in [0.25, 0.3) is 10.8 Å². The molecule has 34 heavy (non-hydrogen) atoms. The zero-order valence-corrected chi connectivity index (χ0v) is 20.1. The summed E-state index contributed by atoms with van der Waals surface area (Å²) in [7, 11) is 0. The summed E-state index contributed by atoms with van der Waals surface area (Å²) in [4.78, 5) is 14.2. The maximum atomic E-state index is 10.2. The molecule has 0 radical (unpaired) electrons. The Hall–Kier alpha value is -3.17. The Morgan fingerprint density at radius 1 is 1.06 bits per heavy atom. The number of nitrogens with zero attached hydrogens (tertiary/aromatic N) is 2. The summed E-state index contributed by atoms with van der Waals surface area (Å²) in [5.74, 6) is 4.24. The molecule has 1 saturated heterocycles. The van der Waals surface area contributed by atoms with Gasteiger partial charge in [0.2, 0.25) is 6.41 Å². The minimum atomic E-state index is 0.320. The quantitative estimate of drug-likeness (QED) is 0.356. The largest absolute Gasteiger partial charge is 0.329 e. The number of carbonyl (C=O) groups is 1. The van der Waals surface area contributed by atoms with E-state index in [1.165, 1.54) is 31.2 Å². The zero-order chi connectivity index (χ0) is 24.0. The number of amides is 1. The molecule has 176 valence electrons. The van der Waals surface area contributed by atoms with Gasteiger partial charge in [-0.2, -0.15) is 0 Å². The molecule has 1 aliphatic heterocycles. The first-order chi connectivity index (χ1) is 16.7. The highest BCUT2D eigenvalue weighted by molar-refractivity contribution is 6.67. The summed E-state index contributed by atoms with van der Waals surface area (Å²) in [6, 6.07) is 18.1. The minimum absolute atomic E-state index is 0.320. The van der Waals surface area contributed by atoms with E-state index in [0.29, 0.717) is 13.1 Å². The van der Waals surface area contributed by atoms with E-state index in [4.69, 9.17) is 5.26 Å². The highest BCUT2D eigenvalue weighted by atomic mass is 16.1. The number of pyridine rings is 1. The van der Waals surface area contributed by atoms with Crippen LogP contribution in [0.5, 0.6) is 0 Å². The summed E-state index contributed by atoms with van der Waals surface area (Å²) in [6.07, 6.45) is 11.8. The average molecular weight is 454 g/mol. The van der Waals surface area contributed by atoms with Crippen molar-refractivity contribution < 1.29 is 4.79 Å². The van der Waals surface area contributed by atoms with Gasteiger partial charge in [0.25, 0.3) is 6.71 Å². The number of fused-ring (bicyclic) bond motifs is 1. The Morgan fingerprint density at radius 3 is 2.44 bits per heavy atom. The third-order valence-electron chi connectivity index (χ3n) is 6.37. The number of benzene rings is 2. The van der Waals surface area contributed by atoms with E-state index in [9.17, 15) is 4.79 Å². The van der Waals surface area contributed by atoms with Crippen molar-refractivity contribution in [1.29, 1.82) is 5.26 Å². The summed E-state index contributed by atoms with van der Waals surface area (Å²) in [5.41, 5.74) is 2.15. The van der Waals surface area contributed by atoms with E-state index in [2.05, 4.69) is 52.8 Å². The number of nitrogens with one attached hydrogen (secondary N) is 2. The van der Waals surface area contributed by atoms with Gasteiger partial charge in [-0.15, -0.1) is 0 Å². The first-order valence-electron chi connectivity index (χ1n) is 12.4. The Bertz CT molecular complexity index is 1040. The number of hydrogen-bond acceptors (Lipinski definition) is 4. The van der Waals surface area contributed by atoms with E-state index >= 15 is 0 Å². The van der Waals surface area contributed by atoms with Crippen molar-refractivity contribution in [3.63, 3.8) is 0 Å². The molecule has 2 aliphatic rings. The number of rotatable bonds is 6. The molecular formula is C28H35BN4O. The van der Waals surface area contributed by atoms with Crippen molar-refractivity contribution in [2.75, 3.05) is 11.9 Å². The van der Waals surface area contributed by atoms with E-state index < -0.39 is 0 Å². The van der Waals surface area contributed by atoms with Gasteiger partial charge in [-0.05, 0) is 47.5 Å². The summed E-state index contributed by atoms with van der Waals surface area (Å²) < 4.78 is 0. The van der Waals surface area contributed by atoms with Crippen LogP contribution in [0.2, 0.25) is 12.6 Å². The van der Waals surface area contributed by atoms with Crippen LogP contribution in [0.1, 0.15) is 38.2 Å². The Kier molecular flexibility index (Phi) is 10.6. The van der Waals surface area contributed by atoms with Crippen LogP contribution >= 0.6 is 0 Å². The second-order valence-corrected chi connectivity index (χ2v) is 9.35. The molecule has 0 atom stereocenters. The van der Waals surface area contributed by atoms with Gasteiger partial charge in [0, 0.05) is 36.0 Å². The monoisotopic (exact) mass is 454 g/mol. The van der Waals surface area contributed by atoms with E-state index in [0.717, 1.165) is 54.0 Å². The maximum absolute atomic E-state index is 10.2. The van der Waals surface area contributed by atoms with Crippen LogP contribution in [0.3, 0.4) is 0 Å². The molecule has 1 amide bonds. The lowest BCUT2D eigenvalue weighted by Crippen LogP contribution is -2.28. The number of anilines is 1. The van der Waals surface area contributed by atoms with Crippen molar-refractivity contribution in [2.45, 2.75) is 51.8 Å². The van der Waals surface area contributed by atoms with E-state index in [1.54, 1.807) is 12.4 Å². The fourth-order valence-electron chi connectivity index (χ4n) is 3.92. The average Bonchev–Trinajstić information content (AvgIpc) is 3.68. The molecular weight excluding hydrogens is 419 g/mol. The van der Waals surface area contributed by atoms with Gasteiger partial charge in [0.15, 0.2) is 0 Å². The van der Waals surface area contributed by atoms with Crippen LogP contribution < -0.4 is 10.6 Å². The Balaban J connectivity index is 0.000000167. The second-order valence-electron chi connectivity index (χ2n) is 9.35. The molecule has 2 aromatic carbocycles. The predicted octanol–water partition coefficient (Wildman–Crippen LogP) is 5.96. The number of carbonyl (C=O) groups excluding carboxylic acids is 1. The molecule has 1 saturated carbocycles. The van der Waals surface area contributed by atoms with Gasteiger partial charge in [-0.3, -0.25) is 9.78 Å². The molecule has 1 aliphatic carbocycles. The van der Waals surface area contributed by atoms with E-state index in [-0.39, 0.29) is 0 Å². The molecule has 2 heterocycles. The standard InChI is InChI=1S/C14H19BN2.C10H8N2O.C4H8/c16-12-15-8-6-14(7-9-15)11-17-10-13-4-2-1-3-5-13;13-7-12-10-2-1-9-6-11-4-3-8(9)5-10;1-4-2-3-4/h1-5,14,17H,6-11H2;1-7H,(H,12,13);4H,2-3H2,1H3. The predicted molar refractivity (Wildman–Crippen MR) is 142 cm³/mol. The maximum Gasteiger partial charge on any atom is 0.267 e. The van der Waals surface area contributed by atoms with Gasteiger partial charge < -0.3 is 10.6 Å². The van der Waals surface area contributed by atoms with Crippen molar-refractivity contribution in [2.24, 2.45) is 11.8 Å². The lowest BCUT2D eigenvalue weighted by molar-refractivity contribution is -0.105. The van der Waals surface area contributed by atoms with Gasteiger partial charge in [0.05, 0.1) is 0 Å². The van der Waals surface area contributed by atoms with Crippen molar-refractivity contribution in [1.82, 2.24) is 10.3 Å².